The highest BCUT2D eigenvalue weighted by molar-refractivity contribution is 6.67. The number of anilines is 2. The molecule has 0 bridgehead atoms. The van der Waals surface area contributed by atoms with Crippen LogP contribution in [0, 0.1) is 0 Å². The van der Waals surface area contributed by atoms with E-state index in [1.165, 1.54) is 39.1 Å². The van der Waals surface area contributed by atoms with Crippen molar-refractivity contribution in [1.29, 1.82) is 0 Å². The normalized spacial score (nSPS) is 17.0. The van der Waals surface area contributed by atoms with Crippen molar-refractivity contribution in [2.45, 2.75) is 58.4 Å². The monoisotopic (exact) mass is 549 g/mol. The summed E-state index contributed by atoms with van der Waals surface area (Å²) in [6, 6.07) is 44.5. The Morgan fingerprint density at radius 1 is 0.595 bits per heavy atom. The Labute approximate surface area is 252 Å². The summed E-state index contributed by atoms with van der Waals surface area (Å²) in [4.78, 5) is 10.0. The van der Waals surface area contributed by atoms with Crippen LogP contribution in [0.25, 0.3) is 11.1 Å². The van der Waals surface area contributed by atoms with Gasteiger partial charge in [0.2, 0.25) is 0 Å². The lowest BCUT2D eigenvalue weighted by Gasteiger charge is -2.33. The van der Waals surface area contributed by atoms with Crippen LogP contribution >= 0.6 is 0 Å². The molecule has 3 nitrogen and oxygen atoms in total. The largest absolute Gasteiger partial charge is 0.387 e. The van der Waals surface area contributed by atoms with Crippen molar-refractivity contribution >= 4 is 18.5 Å². The topological polar surface area (TPSA) is 19.4 Å². The molecule has 0 unspecified atom stereocenters. The Hall–Kier alpha value is -4.31. The highest BCUT2D eigenvalue weighted by Gasteiger charge is 2.50. The number of hydrogen-bond donors (Lipinski definition) is 0. The van der Waals surface area contributed by atoms with Gasteiger partial charge in [0.1, 0.15) is 5.82 Å². The van der Waals surface area contributed by atoms with E-state index < -0.39 is 0 Å². The van der Waals surface area contributed by atoms with Crippen LogP contribution in [0.2, 0.25) is 6.82 Å². The van der Waals surface area contributed by atoms with Crippen molar-refractivity contribution in [3.8, 4) is 11.1 Å². The summed E-state index contributed by atoms with van der Waals surface area (Å²) in [5, 5.41) is 0. The smallest absolute Gasteiger partial charge is 0.374 e. The molecule has 0 N–H and O–H groups in total. The van der Waals surface area contributed by atoms with E-state index in [1.807, 2.05) is 12.3 Å². The number of hydrogen-bond acceptors (Lipinski definition) is 3. The maximum atomic E-state index is 4.88. The van der Waals surface area contributed by atoms with E-state index in [4.69, 9.17) is 4.98 Å². The molecule has 0 saturated carbocycles. The van der Waals surface area contributed by atoms with Crippen molar-refractivity contribution < 1.29 is 0 Å². The molecule has 0 radical (unpaired) electrons. The van der Waals surface area contributed by atoms with Crippen LogP contribution in [0.3, 0.4) is 0 Å². The van der Waals surface area contributed by atoms with Gasteiger partial charge in [-0.15, -0.1) is 0 Å². The van der Waals surface area contributed by atoms with Gasteiger partial charge in [0, 0.05) is 17.4 Å². The van der Waals surface area contributed by atoms with Gasteiger partial charge >= 0.3 is 6.98 Å². The fraction of sp³-hybridized carbons (Fsp3) is 0.237. The zero-order chi connectivity index (χ0) is 29.2. The van der Waals surface area contributed by atoms with Crippen LogP contribution in [0.15, 0.2) is 128 Å². The summed E-state index contributed by atoms with van der Waals surface area (Å²) in [5.74, 6) is 1.91. The molecule has 0 amide bonds. The van der Waals surface area contributed by atoms with E-state index in [2.05, 4.69) is 159 Å². The number of para-hydroxylation sites is 1. The molecular formula is C38H40BN3. The predicted octanol–water partition coefficient (Wildman–Crippen LogP) is 9.92. The van der Waals surface area contributed by atoms with Crippen LogP contribution in [0.4, 0.5) is 11.5 Å². The van der Waals surface area contributed by atoms with E-state index in [9.17, 15) is 0 Å². The molecule has 5 aromatic rings. The summed E-state index contributed by atoms with van der Waals surface area (Å²) in [7, 11) is 0. The molecule has 0 spiro atoms. The molecule has 1 fully saturated rings. The maximum absolute atomic E-state index is 4.88. The summed E-state index contributed by atoms with van der Waals surface area (Å²) in [6.07, 6.45) is 1.91. The minimum atomic E-state index is 0.0503. The lowest BCUT2D eigenvalue weighted by atomic mass is 9.75. The second-order valence-electron chi connectivity index (χ2n) is 12.1. The molecule has 4 heteroatoms. The number of benzene rings is 4. The third-order valence-corrected chi connectivity index (χ3v) is 8.70. The summed E-state index contributed by atoms with van der Waals surface area (Å²) in [6.45, 7) is 11.5. The molecule has 2 heterocycles. The number of nitrogens with zero attached hydrogens (tertiary/aromatic N) is 3. The summed E-state index contributed by atoms with van der Waals surface area (Å²) in [5.41, 5.74) is 9.15. The van der Waals surface area contributed by atoms with Crippen LogP contribution in [0.1, 0.15) is 73.9 Å². The van der Waals surface area contributed by atoms with E-state index in [0.717, 1.165) is 5.82 Å². The Balaban J connectivity index is 1.59. The Morgan fingerprint density at radius 2 is 1.12 bits per heavy atom. The third-order valence-electron chi connectivity index (χ3n) is 8.70. The van der Waals surface area contributed by atoms with Crippen molar-refractivity contribution in [2.75, 3.05) is 9.62 Å². The molecule has 1 aromatic heterocycles. The molecule has 1 saturated heterocycles. The maximum Gasteiger partial charge on any atom is 0.374 e. The molecular weight excluding hydrogens is 509 g/mol. The van der Waals surface area contributed by atoms with Gasteiger partial charge in [0.25, 0.3) is 0 Å². The van der Waals surface area contributed by atoms with Crippen molar-refractivity contribution in [2.24, 2.45) is 0 Å². The first kappa shape index (κ1) is 27.8. The minimum absolute atomic E-state index is 0.0503. The van der Waals surface area contributed by atoms with E-state index in [0.29, 0.717) is 11.8 Å². The first-order chi connectivity index (χ1) is 20.4. The molecule has 210 valence electrons. The number of rotatable bonds is 7. The molecule has 4 aromatic carbocycles. The van der Waals surface area contributed by atoms with Gasteiger partial charge < -0.3 is 9.62 Å². The molecule has 1 aliphatic heterocycles. The Kier molecular flexibility index (Phi) is 7.89. The number of aromatic nitrogens is 1. The standard InChI is InChI=1S/C38H40BN3/c1-27(2)31-24-32(28(3)4)26-33(25-31)34-20-12-13-21-35(34)41-37(29-16-8-6-9-17-29)38(30-18-10-7-11-19-30)42(39(41)5)36-22-14-15-23-40-36/h6-28,37-38H,1-5H3/t37-,38-/m0/s1. The van der Waals surface area contributed by atoms with E-state index in [1.54, 1.807) is 0 Å². The fourth-order valence-electron chi connectivity index (χ4n) is 6.52. The van der Waals surface area contributed by atoms with Gasteiger partial charge in [-0.25, -0.2) is 4.98 Å². The van der Waals surface area contributed by atoms with Crippen LogP contribution in [0.5, 0.6) is 0 Å². The lowest BCUT2D eigenvalue weighted by molar-refractivity contribution is 0.616. The Bertz CT molecular complexity index is 1590. The second kappa shape index (κ2) is 11.9. The van der Waals surface area contributed by atoms with Gasteiger partial charge in [0.05, 0.1) is 12.1 Å². The average molecular weight is 550 g/mol. The van der Waals surface area contributed by atoms with Crippen LogP contribution < -0.4 is 9.62 Å². The first-order valence-corrected chi connectivity index (χ1v) is 15.3. The zero-order valence-corrected chi connectivity index (χ0v) is 25.4. The van der Waals surface area contributed by atoms with Crippen molar-refractivity contribution in [3.63, 3.8) is 0 Å². The lowest BCUT2D eigenvalue weighted by Crippen LogP contribution is -2.42. The minimum Gasteiger partial charge on any atom is -0.387 e. The van der Waals surface area contributed by atoms with Crippen molar-refractivity contribution in [3.05, 3.63) is 150 Å². The first-order valence-electron chi connectivity index (χ1n) is 15.3. The van der Waals surface area contributed by atoms with Gasteiger partial charge in [-0.3, -0.25) is 0 Å². The van der Waals surface area contributed by atoms with Gasteiger partial charge in [0.15, 0.2) is 0 Å². The average Bonchev–Trinajstić information content (AvgIpc) is 3.34. The van der Waals surface area contributed by atoms with Gasteiger partial charge in [-0.1, -0.05) is 131 Å². The van der Waals surface area contributed by atoms with Gasteiger partial charge in [-0.05, 0) is 64.7 Å². The molecule has 1 aliphatic rings. The summed E-state index contributed by atoms with van der Waals surface area (Å²) >= 11 is 0. The number of pyridine rings is 1. The highest BCUT2D eigenvalue weighted by atomic mass is 15.4. The fourth-order valence-corrected chi connectivity index (χ4v) is 6.52. The molecule has 2 atom stereocenters. The van der Waals surface area contributed by atoms with Crippen molar-refractivity contribution in [1.82, 2.24) is 4.98 Å². The van der Waals surface area contributed by atoms with E-state index >= 15 is 0 Å². The van der Waals surface area contributed by atoms with E-state index in [-0.39, 0.29) is 19.1 Å². The molecule has 42 heavy (non-hydrogen) atoms. The molecule has 6 rings (SSSR count). The molecule has 0 aliphatic carbocycles. The Morgan fingerprint density at radius 3 is 1.67 bits per heavy atom. The van der Waals surface area contributed by atoms with Crippen LogP contribution in [-0.2, 0) is 0 Å². The van der Waals surface area contributed by atoms with Gasteiger partial charge in [-0.2, -0.15) is 0 Å². The predicted molar refractivity (Wildman–Crippen MR) is 179 cm³/mol. The highest BCUT2D eigenvalue weighted by Crippen LogP contribution is 2.51. The summed E-state index contributed by atoms with van der Waals surface area (Å²) < 4.78 is 0. The second-order valence-corrected chi connectivity index (χ2v) is 12.1. The third kappa shape index (κ3) is 5.22. The zero-order valence-electron chi connectivity index (χ0n) is 25.4. The van der Waals surface area contributed by atoms with Crippen LogP contribution in [-0.4, -0.2) is 12.0 Å². The SMILES string of the molecule is CB1N(c2ccccn2)[C@@H](c2ccccc2)[C@H](c2ccccc2)N1c1ccccc1-c1cc(C(C)C)cc(C(C)C)c1. The quantitative estimate of drug-likeness (QED) is 0.188.